The molecule has 0 aromatic carbocycles. The molecule has 22 heavy (non-hydrogen) atoms. The molecule has 0 bridgehead atoms. The molecule has 2 aliphatic carbocycles. The van der Waals surface area contributed by atoms with E-state index in [1.165, 1.54) is 25.5 Å². The molecule has 0 heterocycles. The second-order valence-electron chi connectivity index (χ2n) is 10.1. The number of carbonyl (C=O) groups is 1. The predicted molar refractivity (Wildman–Crippen MR) is 103 cm³/mol. The lowest BCUT2D eigenvalue weighted by Crippen LogP contribution is -2.46. The zero-order valence-corrected chi connectivity index (χ0v) is 17.8. The maximum absolute atomic E-state index is 11.3. The first kappa shape index (κ1) is 18.2. The minimum atomic E-state index is -1.22. The van der Waals surface area contributed by atoms with E-state index in [1.807, 2.05) is 0 Å². The normalized spacial score (nSPS) is 36.5. The van der Waals surface area contributed by atoms with Crippen LogP contribution in [0.5, 0.6) is 0 Å². The molecule has 3 heteroatoms. The summed E-state index contributed by atoms with van der Waals surface area (Å²) in [7, 11) is -2.32. The van der Waals surface area contributed by atoms with Gasteiger partial charge in [0, 0.05) is 22.6 Å². The topological polar surface area (TPSA) is 17.1 Å². The Labute approximate surface area is 140 Å². The molecular formula is C19H36OSi2. The molecule has 0 radical (unpaired) electrons. The van der Waals surface area contributed by atoms with Crippen molar-refractivity contribution in [2.24, 2.45) is 17.8 Å². The number of rotatable bonds is 4. The van der Waals surface area contributed by atoms with E-state index in [0.29, 0.717) is 17.8 Å². The average Bonchev–Trinajstić information content (AvgIpc) is 2.38. The van der Waals surface area contributed by atoms with E-state index in [-0.39, 0.29) is 0 Å². The predicted octanol–water partition coefficient (Wildman–Crippen LogP) is 5.98. The van der Waals surface area contributed by atoms with Crippen molar-refractivity contribution >= 4 is 22.4 Å². The fourth-order valence-electron chi connectivity index (χ4n) is 4.92. The van der Waals surface area contributed by atoms with E-state index in [0.717, 1.165) is 17.5 Å². The number of fused-ring (bicyclic) bond motifs is 1. The molecule has 5 atom stereocenters. The summed E-state index contributed by atoms with van der Waals surface area (Å²) < 4.78 is 0. The lowest BCUT2D eigenvalue weighted by molar-refractivity contribution is -0.109. The van der Waals surface area contributed by atoms with Crippen LogP contribution in [0.2, 0.25) is 50.4 Å². The Hall–Kier alpha value is -0.156. The molecule has 1 nitrogen and oxygen atoms in total. The SMILES string of the molecule is C[C@H]1CC=C2C[C@@H]([Si](C)(C)C)C[C@H]([Si](C)(C)C)[C@@H]2[C@H]1CC=O. The van der Waals surface area contributed by atoms with Crippen molar-refractivity contribution in [2.45, 2.75) is 83.0 Å². The Bertz CT molecular complexity index is 441. The molecular weight excluding hydrogens is 300 g/mol. The van der Waals surface area contributed by atoms with Crippen LogP contribution in [-0.4, -0.2) is 22.4 Å². The zero-order chi connectivity index (χ0) is 16.7. The number of aldehydes is 1. The average molecular weight is 337 g/mol. The molecule has 0 spiro atoms. The smallest absolute Gasteiger partial charge is 0.120 e. The van der Waals surface area contributed by atoms with Crippen molar-refractivity contribution in [3.8, 4) is 0 Å². The van der Waals surface area contributed by atoms with E-state index < -0.39 is 16.1 Å². The number of allylic oxidation sites excluding steroid dienone is 2. The molecule has 0 saturated heterocycles. The number of hydrogen-bond donors (Lipinski definition) is 0. The van der Waals surface area contributed by atoms with Crippen LogP contribution in [0.3, 0.4) is 0 Å². The molecule has 0 aromatic heterocycles. The molecule has 1 fully saturated rings. The molecule has 2 rings (SSSR count). The van der Waals surface area contributed by atoms with Crippen LogP contribution in [-0.2, 0) is 4.79 Å². The fourth-order valence-corrected chi connectivity index (χ4v) is 9.49. The van der Waals surface area contributed by atoms with Gasteiger partial charge in [0.05, 0.1) is 0 Å². The Morgan fingerprint density at radius 1 is 1.14 bits per heavy atom. The van der Waals surface area contributed by atoms with E-state index in [4.69, 9.17) is 0 Å². The third-order valence-electron chi connectivity index (χ3n) is 6.53. The van der Waals surface area contributed by atoms with Crippen molar-refractivity contribution in [3.63, 3.8) is 0 Å². The van der Waals surface area contributed by atoms with E-state index in [9.17, 15) is 4.79 Å². The maximum atomic E-state index is 11.3. The van der Waals surface area contributed by atoms with E-state index in [2.05, 4.69) is 52.3 Å². The Balaban J connectivity index is 2.40. The van der Waals surface area contributed by atoms with Gasteiger partial charge in [0.15, 0.2) is 0 Å². The highest BCUT2D eigenvalue weighted by molar-refractivity contribution is 6.79. The third kappa shape index (κ3) is 3.67. The largest absolute Gasteiger partial charge is 0.303 e. The summed E-state index contributed by atoms with van der Waals surface area (Å²) in [4.78, 5) is 11.3. The van der Waals surface area contributed by atoms with E-state index in [1.54, 1.807) is 5.57 Å². The summed E-state index contributed by atoms with van der Waals surface area (Å²) >= 11 is 0. The van der Waals surface area contributed by atoms with Gasteiger partial charge in [0.1, 0.15) is 6.29 Å². The Morgan fingerprint density at radius 2 is 1.77 bits per heavy atom. The summed E-state index contributed by atoms with van der Waals surface area (Å²) in [6.07, 6.45) is 8.52. The molecule has 126 valence electrons. The second-order valence-corrected chi connectivity index (χ2v) is 21.1. The van der Waals surface area contributed by atoms with Gasteiger partial charge in [-0.15, -0.1) is 0 Å². The summed E-state index contributed by atoms with van der Waals surface area (Å²) in [5.41, 5.74) is 3.56. The monoisotopic (exact) mass is 336 g/mol. The molecule has 0 aliphatic heterocycles. The van der Waals surface area contributed by atoms with Crippen LogP contribution in [0.1, 0.15) is 32.6 Å². The fraction of sp³-hybridized carbons (Fsp3) is 0.842. The highest BCUT2D eigenvalue weighted by atomic mass is 28.3. The van der Waals surface area contributed by atoms with Crippen LogP contribution < -0.4 is 0 Å². The first-order valence-electron chi connectivity index (χ1n) is 9.18. The maximum Gasteiger partial charge on any atom is 0.120 e. The highest BCUT2D eigenvalue weighted by Crippen LogP contribution is 2.57. The lowest BCUT2D eigenvalue weighted by atomic mass is 9.66. The van der Waals surface area contributed by atoms with Crippen LogP contribution in [0.25, 0.3) is 0 Å². The van der Waals surface area contributed by atoms with Gasteiger partial charge in [0.25, 0.3) is 0 Å². The standard InChI is InChI=1S/C19H36OSi2/c1-14-8-9-15-12-16(21(2,3)4)13-18(22(5,6)7)19(15)17(14)10-11-20/h9,11,14,16-19H,8,10,12-13H2,1-7H3/t14-,16+,17-,18-,19-/m0/s1. The summed E-state index contributed by atoms with van der Waals surface area (Å²) in [5, 5.41) is 0. The minimum Gasteiger partial charge on any atom is -0.303 e. The Morgan fingerprint density at radius 3 is 2.27 bits per heavy atom. The summed E-state index contributed by atoms with van der Waals surface area (Å²) in [6.45, 7) is 17.7. The highest BCUT2D eigenvalue weighted by Gasteiger charge is 2.48. The van der Waals surface area contributed by atoms with Crippen LogP contribution in [0.4, 0.5) is 0 Å². The van der Waals surface area contributed by atoms with Gasteiger partial charge in [-0.1, -0.05) is 64.3 Å². The van der Waals surface area contributed by atoms with Gasteiger partial charge in [0.2, 0.25) is 0 Å². The third-order valence-corrected chi connectivity index (χ3v) is 12.2. The van der Waals surface area contributed by atoms with Crippen LogP contribution >= 0.6 is 0 Å². The molecule has 0 N–H and O–H groups in total. The van der Waals surface area contributed by atoms with Crippen molar-refractivity contribution < 1.29 is 4.79 Å². The Kier molecular flexibility index (Phi) is 5.28. The van der Waals surface area contributed by atoms with Gasteiger partial charge >= 0.3 is 0 Å². The summed E-state index contributed by atoms with van der Waals surface area (Å²) in [5.74, 6) is 2.01. The first-order chi connectivity index (χ1) is 10.1. The van der Waals surface area contributed by atoms with Crippen molar-refractivity contribution in [1.82, 2.24) is 0 Å². The molecule has 0 amide bonds. The number of carbonyl (C=O) groups excluding carboxylic acids is 1. The molecule has 0 aromatic rings. The summed E-state index contributed by atoms with van der Waals surface area (Å²) in [6, 6.07) is 0. The zero-order valence-electron chi connectivity index (χ0n) is 15.8. The molecule has 0 unspecified atom stereocenters. The van der Waals surface area contributed by atoms with Crippen molar-refractivity contribution in [1.29, 1.82) is 0 Å². The van der Waals surface area contributed by atoms with Crippen LogP contribution in [0, 0.1) is 17.8 Å². The second kappa shape index (κ2) is 6.39. The van der Waals surface area contributed by atoms with Crippen molar-refractivity contribution in [3.05, 3.63) is 11.6 Å². The van der Waals surface area contributed by atoms with Crippen LogP contribution in [0.15, 0.2) is 11.6 Å². The molecule has 2 aliphatic rings. The van der Waals surface area contributed by atoms with Gasteiger partial charge in [-0.05, 0) is 41.7 Å². The number of hydrogen-bond acceptors (Lipinski definition) is 1. The molecule has 1 saturated carbocycles. The van der Waals surface area contributed by atoms with Gasteiger partial charge in [-0.3, -0.25) is 0 Å². The van der Waals surface area contributed by atoms with Gasteiger partial charge in [-0.2, -0.15) is 0 Å². The van der Waals surface area contributed by atoms with E-state index >= 15 is 0 Å². The first-order valence-corrected chi connectivity index (χ1v) is 16.3. The minimum absolute atomic E-state index is 0.608. The quantitative estimate of drug-likeness (QED) is 0.350. The van der Waals surface area contributed by atoms with Crippen molar-refractivity contribution in [2.75, 3.05) is 0 Å². The lowest BCUT2D eigenvalue weighted by Gasteiger charge is -2.52. The van der Waals surface area contributed by atoms with Gasteiger partial charge in [-0.25, -0.2) is 0 Å². The van der Waals surface area contributed by atoms with Gasteiger partial charge < -0.3 is 4.79 Å².